The van der Waals surface area contributed by atoms with Crippen LogP contribution in [0.15, 0.2) is 18.3 Å². The van der Waals surface area contributed by atoms with Crippen LogP contribution in [0.1, 0.15) is 19.5 Å². The first-order chi connectivity index (χ1) is 6.06. The van der Waals surface area contributed by atoms with Crippen LogP contribution in [0.25, 0.3) is 0 Å². The van der Waals surface area contributed by atoms with Gasteiger partial charge in [-0.05, 0) is 33.0 Å². The van der Waals surface area contributed by atoms with Gasteiger partial charge in [0, 0.05) is 18.4 Å². The Bertz CT molecular complexity index is 292. The van der Waals surface area contributed by atoms with E-state index in [1.165, 1.54) is 0 Å². The second-order valence-corrected chi connectivity index (χ2v) is 3.72. The number of hydrogen-bond acceptors (Lipinski definition) is 2. The molecule has 0 aliphatic heterocycles. The highest BCUT2D eigenvalue weighted by molar-refractivity contribution is 5.07. The van der Waals surface area contributed by atoms with Crippen molar-refractivity contribution in [2.45, 2.75) is 25.9 Å². The quantitative estimate of drug-likeness (QED) is 0.764. The number of rotatable bonds is 3. The van der Waals surface area contributed by atoms with Crippen molar-refractivity contribution in [3.8, 4) is 6.07 Å². The van der Waals surface area contributed by atoms with Gasteiger partial charge < -0.3 is 4.98 Å². The molecular formula is C10H15N3. The lowest BCUT2D eigenvalue weighted by Crippen LogP contribution is -2.39. The molecule has 0 spiro atoms. The summed E-state index contributed by atoms with van der Waals surface area (Å²) in [6.07, 6.45) is 1.89. The van der Waals surface area contributed by atoms with Crippen molar-refractivity contribution in [1.82, 2.24) is 9.88 Å². The normalized spacial score (nSPS) is 11.6. The van der Waals surface area contributed by atoms with Crippen LogP contribution in [0.3, 0.4) is 0 Å². The van der Waals surface area contributed by atoms with Gasteiger partial charge in [-0.3, -0.25) is 4.90 Å². The smallest absolute Gasteiger partial charge is 0.103 e. The van der Waals surface area contributed by atoms with E-state index < -0.39 is 5.54 Å². The second kappa shape index (κ2) is 3.63. The van der Waals surface area contributed by atoms with Crippen LogP contribution in [0, 0.1) is 11.3 Å². The summed E-state index contributed by atoms with van der Waals surface area (Å²) in [7, 11) is 1.95. The van der Waals surface area contributed by atoms with Crippen LogP contribution in [0.2, 0.25) is 0 Å². The van der Waals surface area contributed by atoms with Gasteiger partial charge in [0.15, 0.2) is 0 Å². The lowest BCUT2D eigenvalue weighted by molar-refractivity contribution is 0.201. The van der Waals surface area contributed by atoms with Crippen molar-refractivity contribution in [3.05, 3.63) is 24.0 Å². The van der Waals surface area contributed by atoms with Crippen molar-refractivity contribution in [2.75, 3.05) is 7.05 Å². The van der Waals surface area contributed by atoms with Gasteiger partial charge in [0.1, 0.15) is 5.54 Å². The third-order valence-electron chi connectivity index (χ3n) is 2.30. The molecule has 70 valence electrons. The molecule has 0 fully saturated rings. The van der Waals surface area contributed by atoms with E-state index in [4.69, 9.17) is 5.26 Å². The highest BCUT2D eigenvalue weighted by atomic mass is 15.2. The first-order valence-corrected chi connectivity index (χ1v) is 4.31. The molecule has 1 aromatic heterocycles. The van der Waals surface area contributed by atoms with Crippen LogP contribution in [-0.2, 0) is 6.54 Å². The Kier molecular flexibility index (Phi) is 2.74. The zero-order valence-electron chi connectivity index (χ0n) is 8.33. The van der Waals surface area contributed by atoms with Crippen LogP contribution in [0.5, 0.6) is 0 Å². The number of aromatic amines is 1. The van der Waals surface area contributed by atoms with E-state index in [0.29, 0.717) is 0 Å². The number of nitrogens with zero attached hydrogens (tertiary/aromatic N) is 2. The highest BCUT2D eigenvalue weighted by Gasteiger charge is 2.22. The summed E-state index contributed by atoms with van der Waals surface area (Å²) in [5.74, 6) is 0. The summed E-state index contributed by atoms with van der Waals surface area (Å²) >= 11 is 0. The lowest BCUT2D eigenvalue weighted by Gasteiger charge is -2.28. The summed E-state index contributed by atoms with van der Waals surface area (Å²) in [6, 6.07) is 6.24. The summed E-state index contributed by atoms with van der Waals surface area (Å²) < 4.78 is 0. The van der Waals surface area contributed by atoms with Crippen LogP contribution >= 0.6 is 0 Å². The van der Waals surface area contributed by atoms with Crippen molar-refractivity contribution in [3.63, 3.8) is 0 Å². The molecule has 0 aromatic carbocycles. The molecule has 3 nitrogen and oxygen atoms in total. The molecule has 0 radical (unpaired) electrons. The van der Waals surface area contributed by atoms with Gasteiger partial charge in [0.25, 0.3) is 0 Å². The van der Waals surface area contributed by atoms with E-state index in [1.54, 1.807) is 0 Å². The number of aromatic nitrogens is 1. The Morgan fingerprint density at radius 2 is 2.31 bits per heavy atom. The van der Waals surface area contributed by atoms with Gasteiger partial charge in [-0.25, -0.2) is 0 Å². The lowest BCUT2D eigenvalue weighted by atomic mass is 10.1. The summed E-state index contributed by atoms with van der Waals surface area (Å²) in [6.45, 7) is 4.60. The molecule has 0 aliphatic carbocycles. The Balaban J connectivity index is 2.62. The maximum absolute atomic E-state index is 8.89. The van der Waals surface area contributed by atoms with Gasteiger partial charge in [-0.2, -0.15) is 5.26 Å². The zero-order valence-corrected chi connectivity index (χ0v) is 8.33. The monoisotopic (exact) mass is 177 g/mol. The van der Waals surface area contributed by atoms with Crippen molar-refractivity contribution in [2.24, 2.45) is 0 Å². The Morgan fingerprint density at radius 3 is 2.77 bits per heavy atom. The summed E-state index contributed by atoms with van der Waals surface area (Å²) in [5.41, 5.74) is 0.719. The molecule has 0 bridgehead atoms. The molecule has 0 unspecified atom stereocenters. The largest absolute Gasteiger partial charge is 0.364 e. The van der Waals surface area contributed by atoms with Crippen LogP contribution in [-0.4, -0.2) is 22.5 Å². The SMILES string of the molecule is CN(Cc1ccc[nH]1)C(C)(C)C#N. The average Bonchev–Trinajstić information content (AvgIpc) is 2.57. The average molecular weight is 177 g/mol. The predicted molar refractivity (Wildman–Crippen MR) is 52.0 cm³/mol. The molecular weight excluding hydrogens is 162 g/mol. The van der Waals surface area contributed by atoms with E-state index in [0.717, 1.165) is 12.2 Å². The van der Waals surface area contributed by atoms with Gasteiger partial charge in [-0.15, -0.1) is 0 Å². The molecule has 1 rings (SSSR count). The van der Waals surface area contributed by atoms with Gasteiger partial charge >= 0.3 is 0 Å². The highest BCUT2D eigenvalue weighted by Crippen LogP contribution is 2.13. The van der Waals surface area contributed by atoms with Gasteiger partial charge in [-0.1, -0.05) is 0 Å². The maximum atomic E-state index is 8.89. The van der Waals surface area contributed by atoms with E-state index >= 15 is 0 Å². The first kappa shape index (κ1) is 9.82. The minimum Gasteiger partial charge on any atom is -0.364 e. The number of nitriles is 1. The topological polar surface area (TPSA) is 42.8 Å². The number of hydrogen-bond donors (Lipinski definition) is 1. The van der Waals surface area contributed by atoms with Crippen LogP contribution in [0.4, 0.5) is 0 Å². The van der Waals surface area contributed by atoms with E-state index in [-0.39, 0.29) is 0 Å². The van der Waals surface area contributed by atoms with Gasteiger partial charge in [0.05, 0.1) is 6.07 Å². The molecule has 3 heteroatoms. The standard InChI is InChI=1S/C10H15N3/c1-10(2,8-11)13(3)7-9-5-4-6-12-9/h4-6,12H,7H2,1-3H3. The molecule has 1 aromatic rings. The Hall–Kier alpha value is -1.27. The molecule has 0 amide bonds. The minimum absolute atomic E-state index is 0.412. The van der Waals surface area contributed by atoms with E-state index in [9.17, 15) is 0 Å². The van der Waals surface area contributed by atoms with E-state index in [1.807, 2.05) is 44.1 Å². The third-order valence-corrected chi connectivity index (χ3v) is 2.30. The first-order valence-electron chi connectivity index (χ1n) is 4.31. The summed E-state index contributed by atoms with van der Waals surface area (Å²) in [5, 5.41) is 8.89. The molecule has 0 aliphatic rings. The maximum Gasteiger partial charge on any atom is 0.103 e. The van der Waals surface area contributed by atoms with Gasteiger partial charge in [0.2, 0.25) is 0 Å². The van der Waals surface area contributed by atoms with E-state index in [2.05, 4.69) is 11.1 Å². The fraction of sp³-hybridized carbons (Fsp3) is 0.500. The molecule has 0 saturated carbocycles. The molecule has 1 N–H and O–H groups in total. The zero-order chi connectivity index (χ0) is 9.90. The number of H-pyrrole nitrogens is 1. The molecule has 1 heterocycles. The molecule has 0 saturated heterocycles. The predicted octanol–water partition coefficient (Wildman–Crippen LogP) is 1.75. The fourth-order valence-electron chi connectivity index (χ4n) is 1.00. The summed E-state index contributed by atoms with van der Waals surface area (Å²) in [4.78, 5) is 5.13. The Labute approximate surface area is 79.0 Å². The minimum atomic E-state index is -0.412. The van der Waals surface area contributed by atoms with Crippen molar-refractivity contribution < 1.29 is 0 Å². The number of nitrogens with one attached hydrogen (secondary N) is 1. The van der Waals surface area contributed by atoms with Crippen molar-refractivity contribution in [1.29, 1.82) is 5.26 Å². The third kappa shape index (κ3) is 2.33. The van der Waals surface area contributed by atoms with Crippen molar-refractivity contribution >= 4 is 0 Å². The molecule has 0 atom stereocenters. The second-order valence-electron chi connectivity index (χ2n) is 3.72. The molecule has 13 heavy (non-hydrogen) atoms. The van der Waals surface area contributed by atoms with Crippen LogP contribution < -0.4 is 0 Å². The fourth-order valence-corrected chi connectivity index (χ4v) is 1.00. The Morgan fingerprint density at radius 1 is 1.62 bits per heavy atom.